The van der Waals surface area contributed by atoms with Crippen molar-refractivity contribution in [2.45, 2.75) is 30.2 Å². The summed E-state index contributed by atoms with van der Waals surface area (Å²) in [4.78, 5) is 24.0. The van der Waals surface area contributed by atoms with E-state index >= 15 is 0 Å². The number of amides is 2. The molecule has 0 unspecified atom stereocenters. The quantitative estimate of drug-likeness (QED) is 0.555. The van der Waals surface area contributed by atoms with Crippen LogP contribution in [-0.2, 0) is 9.53 Å². The van der Waals surface area contributed by atoms with Crippen LogP contribution in [0.3, 0.4) is 0 Å². The molecule has 1 aliphatic rings. The van der Waals surface area contributed by atoms with Gasteiger partial charge in [-0.05, 0) is 31.9 Å². The summed E-state index contributed by atoms with van der Waals surface area (Å²) in [6.07, 6.45) is 2.18. The molecule has 0 radical (unpaired) electrons. The fourth-order valence-electron chi connectivity index (χ4n) is 2.40. The zero-order valence-electron chi connectivity index (χ0n) is 14.4. The fraction of sp³-hybridized carbons (Fsp3) is 0.412. The Bertz CT molecular complexity index is 758. The van der Waals surface area contributed by atoms with Crippen molar-refractivity contribution in [2.75, 3.05) is 24.2 Å². The minimum absolute atomic E-state index is 0.0639. The van der Waals surface area contributed by atoms with E-state index in [1.54, 1.807) is 12.1 Å². The van der Waals surface area contributed by atoms with Gasteiger partial charge in [0, 0.05) is 18.7 Å². The number of rotatable bonds is 7. The first-order valence-corrected chi connectivity index (χ1v) is 10.1. The second-order valence-electron chi connectivity index (χ2n) is 5.92. The molecule has 0 aliphatic carbocycles. The van der Waals surface area contributed by atoms with Crippen LogP contribution < -0.4 is 10.6 Å². The number of aromatic nitrogens is 2. The van der Waals surface area contributed by atoms with Crippen LogP contribution in [-0.4, -0.2) is 47.0 Å². The van der Waals surface area contributed by atoms with E-state index < -0.39 is 0 Å². The van der Waals surface area contributed by atoms with E-state index in [1.165, 1.54) is 23.1 Å². The number of benzene rings is 1. The van der Waals surface area contributed by atoms with E-state index in [9.17, 15) is 9.59 Å². The topological polar surface area (TPSA) is 93.2 Å². The molecular weight excluding hydrogens is 372 g/mol. The molecule has 26 heavy (non-hydrogen) atoms. The third kappa shape index (κ3) is 5.52. The van der Waals surface area contributed by atoms with Gasteiger partial charge in [0.15, 0.2) is 4.34 Å². The smallest absolute Gasteiger partial charge is 0.257 e. The number of ether oxygens (including phenoxy) is 1. The maximum absolute atomic E-state index is 12.2. The summed E-state index contributed by atoms with van der Waals surface area (Å²) in [6, 6.07) is 7.29. The predicted octanol–water partition coefficient (Wildman–Crippen LogP) is 2.49. The van der Waals surface area contributed by atoms with Crippen LogP contribution in [0.5, 0.6) is 0 Å². The summed E-state index contributed by atoms with van der Waals surface area (Å²) in [7, 11) is 0. The highest BCUT2D eigenvalue weighted by Gasteiger charge is 2.16. The second-order valence-corrected chi connectivity index (χ2v) is 8.12. The lowest BCUT2D eigenvalue weighted by atomic mass is 10.1. The maximum Gasteiger partial charge on any atom is 0.257 e. The number of carbonyl (C=O) groups is 2. The van der Waals surface area contributed by atoms with E-state index in [2.05, 4.69) is 20.8 Å². The molecule has 7 nitrogen and oxygen atoms in total. The Hall–Kier alpha value is -1.97. The van der Waals surface area contributed by atoms with Gasteiger partial charge >= 0.3 is 0 Å². The van der Waals surface area contributed by atoms with Gasteiger partial charge in [0.25, 0.3) is 5.91 Å². The lowest BCUT2D eigenvalue weighted by Gasteiger charge is -2.09. The Morgan fingerprint density at radius 1 is 1.31 bits per heavy atom. The highest BCUT2D eigenvalue weighted by atomic mass is 32.2. The van der Waals surface area contributed by atoms with Crippen LogP contribution in [0.15, 0.2) is 28.6 Å². The highest BCUT2D eigenvalue weighted by molar-refractivity contribution is 8.01. The van der Waals surface area contributed by atoms with Crippen molar-refractivity contribution in [2.24, 2.45) is 0 Å². The molecule has 0 saturated carbocycles. The molecule has 1 aromatic carbocycles. The first kappa shape index (κ1) is 18.8. The molecule has 1 aliphatic heterocycles. The van der Waals surface area contributed by atoms with Gasteiger partial charge < -0.3 is 10.1 Å². The Kier molecular flexibility index (Phi) is 6.59. The van der Waals surface area contributed by atoms with Crippen LogP contribution >= 0.6 is 23.1 Å². The van der Waals surface area contributed by atoms with Gasteiger partial charge in [-0.25, -0.2) is 0 Å². The molecule has 1 fully saturated rings. The van der Waals surface area contributed by atoms with Gasteiger partial charge in [-0.15, -0.1) is 10.2 Å². The standard InChI is InChI=1S/C17H20N4O3S2/c1-11-4-6-12(7-5-11)15(23)19-16-20-21-17(26-16)25-10-14(22)18-9-13-3-2-8-24-13/h4-7,13H,2-3,8-10H2,1H3,(H,18,22)(H,19,20,23)/t13-/m1/s1. The number of hydrogen-bond acceptors (Lipinski definition) is 7. The summed E-state index contributed by atoms with van der Waals surface area (Å²) in [6.45, 7) is 3.29. The monoisotopic (exact) mass is 392 g/mol. The average molecular weight is 393 g/mol. The minimum Gasteiger partial charge on any atom is -0.376 e. The third-order valence-corrected chi connectivity index (χ3v) is 5.79. The molecule has 2 N–H and O–H groups in total. The SMILES string of the molecule is Cc1ccc(C(=O)Nc2nnc(SCC(=O)NC[C@H]3CCCO3)s2)cc1. The molecule has 138 valence electrons. The van der Waals surface area contributed by atoms with Crippen LogP contribution in [0, 0.1) is 6.92 Å². The summed E-state index contributed by atoms with van der Waals surface area (Å²) in [5.74, 6) is -0.0364. The Morgan fingerprint density at radius 3 is 2.85 bits per heavy atom. The van der Waals surface area contributed by atoms with Crippen LogP contribution in [0.25, 0.3) is 0 Å². The molecule has 9 heteroatoms. The average Bonchev–Trinajstić information content (AvgIpc) is 3.30. The van der Waals surface area contributed by atoms with Crippen molar-refractivity contribution in [3.63, 3.8) is 0 Å². The number of anilines is 1. The Balaban J connectivity index is 1.43. The molecular formula is C17H20N4O3S2. The van der Waals surface area contributed by atoms with Gasteiger partial charge in [-0.2, -0.15) is 0 Å². The molecule has 3 rings (SSSR count). The largest absolute Gasteiger partial charge is 0.376 e. The van der Waals surface area contributed by atoms with Gasteiger partial charge in [-0.3, -0.25) is 14.9 Å². The van der Waals surface area contributed by atoms with E-state index in [-0.39, 0.29) is 23.7 Å². The van der Waals surface area contributed by atoms with Crippen molar-refractivity contribution in [1.82, 2.24) is 15.5 Å². The van der Waals surface area contributed by atoms with Gasteiger partial charge in [0.1, 0.15) is 0 Å². The van der Waals surface area contributed by atoms with Crippen molar-refractivity contribution >= 4 is 40.0 Å². The van der Waals surface area contributed by atoms with E-state index in [0.717, 1.165) is 25.0 Å². The van der Waals surface area contributed by atoms with Crippen LogP contribution in [0.1, 0.15) is 28.8 Å². The Labute approximate surface area is 159 Å². The lowest BCUT2D eigenvalue weighted by molar-refractivity contribution is -0.119. The normalized spacial score (nSPS) is 16.4. The van der Waals surface area contributed by atoms with E-state index in [0.29, 0.717) is 21.6 Å². The third-order valence-electron chi connectivity index (χ3n) is 3.82. The molecule has 1 aromatic heterocycles. The number of hydrogen-bond donors (Lipinski definition) is 2. The van der Waals surface area contributed by atoms with Gasteiger partial charge in [0.05, 0.1) is 11.9 Å². The molecule has 2 heterocycles. The zero-order valence-corrected chi connectivity index (χ0v) is 16.0. The summed E-state index contributed by atoms with van der Waals surface area (Å²) in [5.41, 5.74) is 1.66. The first-order valence-electron chi connectivity index (χ1n) is 8.33. The van der Waals surface area contributed by atoms with Crippen molar-refractivity contribution in [3.05, 3.63) is 35.4 Å². The number of nitrogens with zero attached hydrogens (tertiary/aromatic N) is 2. The second kappa shape index (κ2) is 9.11. The summed E-state index contributed by atoms with van der Waals surface area (Å²) < 4.78 is 6.10. The fourth-order valence-corrected chi connectivity index (χ4v) is 3.98. The van der Waals surface area contributed by atoms with Crippen LogP contribution in [0.4, 0.5) is 5.13 Å². The zero-order chi connectivity index (χ0) is 18.4. The predicted molar refractivity (Wildman–Crippen MR) is 102 cm³/mol. The molecule has 2 aromatic rings. The lowest BCUT2D eigenvalue weighted by Crippen LogP contribution is -2.32. The van der Waals surface area contributed by atoms with Crippen molar-refractivity contribution in [3.8, 4) is 0 Å². The van der Waals surface area contributed by atoms with Gasteiger partial charge in [0.2, 0.25) is 11.0 Å². The van der Waals surface area contributed by atoms with Crippen molar-refractivity contribution in [1.29, 1.82) is 0 Å². The minimum atomic E-state index is -0.230. The first-order chi connectivity index (χ1) is 12.6. The molecule has 0 bridgehead atoms. The van der Waals surface area contributed by atoms with E-state index in [4.69, 9.17) is 4.74 Å². The Morgan fingerprint density at radius 2 is 2.12 bits per heavy atom. The maximum atomic E-state index is 12.2. The molecule has 1 atom stereocenters. The molecule has 0 spiro atoms. The number of thioether (sulfide) groups is 1. The molecule has 1 saturated heterocycles. The number of aryl methyl sites for hydroxylation is 1. The summed E-state index contributed by atoms with van der Waals surface area (Å²) >= 11 is 2.55. The summed E-state index contributed by atoms with van der Waals surface area (Å²) in [5, 5.41) is 13.9. The molecule has 2 amide bonds. The number of carbonyl (C=O) groups excluding carboxylic acids is 2. The van der Waals surface area contributed by atoms with Crippen LogP contribution in [0.2, 0.25) is 0 Å². The highest BCUT2D eigenvalue weighted by Crippen LogP contribution is 2.25. The van der Waals surface area contributed by atoms with E-state index in [1.807, 2.05) is 19.1 Å². The van der Waals surface area contributed by atoms with Crippen molar-refractivity contribution < 1.29 is 14.3 Å². The van der Waals surface area contributed by atoms with Gasteiger partial charge in [-0.1, -0.05) is 40.8 Å². The number of nitrogens with one attached hydrogen (secondary N) is 2.